The Morgan fingerprint density at radius 1 is 1.00 bits per heavy atom. The van der Waals surface area contributed by atoms with Gasteiger partial charge in [0.1, 0.15) is 23.0 Å². The van der Waals surface area contributed by atoms with Crippen LogP contribution in [0.4, 0.5) is 0 Å². The Morgan fingerprint density at radius 2 is 1.60 bits per heavy atom. The van der Waals surface area contributed by atoms with Crippen molar-refractivity contribution in [3.63, 3.8) is 0 Å². The molecule has 0 heterocycles. The van der Waals surface area contributed by atoms with Crippen LogP contribution >= 0.6 is 23.0 Å². The Morgan fingerprint density at radius 3 is 2.20 bits per heavy atom. The minimum atomic E-state index is 0.336. The first-order valence-electron chi connectivity index (χ1n) is 3.76. The van der Waals surface area contributed by atoms with E-state index in [4.69, 9.17) is 8.17 Å². The first-order valence-corrected chi connectivity index (χ1v) is 4.64. The molecule has 0 atom stereocenters. The van der Waals surface area contributed by atoms with Crippen molar-refractivity contribution >= 4 is 23.0 Å². The predicted octanol–water partition coefficient (Wildman–Crippen LogP) is 2.30. The Kier molecular flexibility index (Phi) is 10.3. The van der Waals surface area contributed by atoms with Gasteiger partial charge >= 0.3 is 0 Å². The van der Waals surface area contributed by atoms with Crippen LogP contribution in [0.2, 0.25) is 0 Å². The van der Waals surface area contributed by atoms with Crippen molar-refractivity contribution in [1.82, 2.24) is 0 Å². The molecule has 0 rings (SSSR count). The van der Waals surface area contributed by atoms with Gasteiger partial charge in [0.05, 0.1) is 6.61 Å². The quantitative estimate of drug-likeness (QED) is 0.560. The summed E-state index contributed by atoms with van der Waals surface area (Å²) < 4.78 is 4.87. The van der Waals surface area contributed by atoms with Crippen LogP contribution < -0.4 is 0 Å². The summed E-state index contributed by atoms with van der Waals surface area (Å²) in [7, 11) is 0. The fraction of sp³-hybridized carbons (Fsp3) is 1.00. The summed E-state index contributed by atoms with van der Waals surface area (Å²) in [5.41, 5.74) is 0. The lowest BCUT2D eigenvalue weighted by molar-refractivity contribution is 0.281. The molecule has 62 valence electrons. The van der Waals surface area contributed by atoms with Gasteiger partial charge in [0.25, 0.3) is 0 Å². The molecule has 0 saturated carbocycles. The average Bonchev–Trinajstić information content (AvgIpc) is 1.97. The third-order valence-corrected chi connectivity index (χ3v) is 1.82. The second-order valence-corrected chi connectivity index (χ2v) is 2.93. The SMILES string of the molecule is OCCCCCCCOI. The van der Waals surface area contributed by atoms with Gasteiger partial charge in [0.2, 0.25) is 0 Å². The zero-order valence-corrected chi connectivity index (χ0v) is 8.34. The number of halogens is 1. The van der Waals surface area contributed by atoms with E-state index in [1.54, 1.807) is 0 Å². The zero-order chi connectivity index (χ0) is 7.66. The number of unbranched alkanes of at least 4 members (excludes halogenated alkanes) is 4. The Bertz CT molecular complexity index is 51.6. The Hall–Kier alpha value is 0.650. The highest BCUT2D eigenvalue weighted by Crippen LogP contribution is 2.03. The topological polar surface area (TPSA) is 29.5 Å². The van der Waals surface area contributed by atoms with Crippen LogP contribution in [0.5, 0.6) is 0 Å². The van der Waals surface area contributed by atoms with E-state index in [-0.39, 0.29) is 0 Å². The fourth-order valence-corrected chi connectivity index (χ4v) is 1.11. The molecule has 2 nitrogen and oxygen atoms in total. The summed E-state index contributed by atoms with van der Waals surface area (Å²) in [5, 5.41) is 8.44. The molecule has 0 aromatic carbocycles. The summed E-state index contributed by atoms with van der Waals surface area (Å²) in [6.07, 6.45) is 5.70. The molecule has 0 amide bonds. The zero-order valence-electron chi connectivity index (χ0n) is 6.18. The van der Waals surface area contributed by atoms with Gasteiger partial charge in [-0.15, -0.1) is 0 Å². The lowest BCUT2D eigenvalue weighted by atomic mass is 10.2. The van der Waals surface area contributed by atoms with Crippen LogP contribution in [0.15, 0.2) is 0 Å². The first-order chi connectivity index (χ1) is 4.91. The highest BCUT2D eigenvalue weighted by Gasteiger charge is 1.88. The van der Waals surface area contributed by atoms with Crippen molar-refractivity contribution < 1.29 is 8.17 Å². The molecule has 0 spiro atoms. The van der Waals surface area contributed by atoms with Gasteiger partial charge in [-0.05, 0) is 12.8 Å². The van der Waals surface area contributed by atoms with E-state index in [0.29, 0.717) is 6.61 Å². The molecule has 0 saturated heterocycles. The summed E-state index contributed by atoms with van der Waals surface area (Å²) in [6, 6.07) is 0. The number of aliphatic hydroxyl groups is 1. The van der Waals surface area contributed by atoms with Crippen molar-refractivity contribution in [2.24, 2.45) is 0 Å². The molecule has 0 fully saturated rings. The fourth-order valence-electron chi connectivity index (χ4n) is 0.799. The third-order valence-electron chi connectivity index (χ3n) is 1.38. The highest BCUT2D eigenvalue weighted by molar-refractivity contribution is 14.1. The van der Waals surface area contributed by atoms with Crippen LogP contribution in [0.25, 0.3) is 0 Å². The molecule has 0 aliphatic heterocycles. The smallest absolute Gasteiger partial charge is 0.109 e. The van der Waals surface area contributed by atoms with Crippen molar-refractivity contribution in [3.05, 3.63) is 0 Å². The van der Waals surface area contributed by atoms with E-state index in [1.165, 1.54) is 12.8 Å². The van der Waals surface area contributed by atoms with E-state index < -0.39 is 0 Å². The maximum Gasteiger partial charge on any atom is 0.109 e. The van der Waals surface area contributed by atoms with Gasteiger partial charge in [0, 0.05) is 6.61 Å². The number of rotatable bonds is 7. The van der Waals surface area contributed by atoms with Gasteiger partial charge in [-0.3, -0.25) is 0 Å². The third kappa shape index (κ3) is 8.65. The van der Waals surface area contributed by atoms with Crippen molar-refractivity contribution in [2.75, 3.05) is 13.2 Å². The lowest BCUT2D eigenvalue weighted by Gasteiger charge is -1.97. The molecule has 1 N–H and O–H groups in total. The van der Waals surface area contributed by atoms with Crippen molar-refractivity contribution in [3.8, 4) is 0 Å². The highest BCUT2D eigenvalue weighted by atomic mass is 127. The minimum Gasteiger partial charge on any atom is -0.396 e. The second kappa shape index (κ2) is 9.65. The summed E-state index contributed by atoms with van der Waals surface area (Å²) in [5.74, 6) is 0. The standard InChI is InChI=1S/C7H15IO2/c8-10-7-5-3-1-2-4-6-9/h9H,1-7H2. The van der Waals surface area contributed by atoms with Crippen LogP contribution in [-0.2, 0) is 3.07 Å². The Labute approximate surface area is 76.7 Å². The molecule has 0 aromatic heterocycles. The average molecular weight is 258 g/mol. The number of hydrogen-bond donors (Lipinski definition) is 1. The van der Waals surface area contributed by atoms with Crippen LogP contribution in [-0.4, -0.2) is 18.3 Å². The molecule has 0 aromatic rings. The minimum absolute atomic E-state index is 0.336. The molecule has 0 radical (unpaired) electrons. The first kappa shape index (κ1) is 10.7. The van der Waals surface area contributed by atoms with Gasteiger partial charge in [-0.2, -0.15) is 0 Å². The maximum absolute atomic E-state index is 8.44. The van der Waals surface area contributed by atoms with Gasteiger partial charge in [0.15, 0.2) is 0 Å². The number of aliphatic hydroxyl groups excluding tert-OH is 1. The molecule has 0 aliphatic rings. The van der Waals surface area contributed by atoms with Gasteiger partial charge < -0.3 is 8.17 Å². The van der Waals surface area contributed by atoms with Crippen LogP contribution in [0.3, 0.4) is 0 Å². The number of hydrogen-bond acceptors (Lipinski definition) is 2. The normalized spacial score (nSPS) is 10.2. The maximum atomic E-state index is 8.44. The summed E-state index contributed by atoms with van der Waals surface area (Å²) in [4.78, 5) is 0. The molecule has 10 heavy (non-hydrogen) atoms. The lowest BCUT2D eigenvalue weighted by Crippen LogP contribution is -1.86. The van der Waals surface area contributed by atoms with Crippen molar-refractivity contribution in [2.45, 2.75) is 32.1 Å². The van der Waals surface area contributed by atoms with E-state index in [0.717, 1.165) is 25.9 Å². The molecule has 3 heteroatoms. The molecular weight excluding hydrogens is 243 g/mol. The van der Waals surface area contributed by atoms with Crippen LogP contribution in [0, 0.1) is 0 Å². The van der Waals surface area contributed by atoms with E-state index in [2.05, 4.69) is 0 Å². The molecule has 0 unspecified atom stereocenters. The van der Waals surface area contributed by atoms with E-state index in [9.17, 15) is 0 Å². The second-order valence-electron chi connectivity index (χ2n) is 2.30. The van der Waals surface area contributed by atoms with Crippen LogP contribution in [0.1, 0.15) is 32.1 Å². The summed E-state index contributed by atoms with van der Waals surface area (Å²) in [6.45, 7) is 1.20. The predicted molar refractivity (Wildman–Crippen MR) is 50.1 cm³/mol. The molecule has 0 bridgehead atoms. The van der Waals surface area contributed by atoms with E-state index >= 15 is 0 Å². The summed E-state index contributed by atoms with van der Waals surface area (Å²) >= 11 is 1.92. The van der Waals surface area contributed by atoms with Crippen molar-refractivity contribution in [1.29, 1.82) is 0 Å². The molecular formula is C7H15IO2. The molecule has 0 aliphatic carbocycles. The van der Waals surface area contributed by atoms with E-state index in [1.807, 2.05) is 23.0 Å². The van der Waals surface area contributed by atoms with Gasteiger partial charge in [-0.1, -0.05) is 19.3 Å². The largest absolute Gasteiger partial charge is 0.396 e. The Balaban J connectivity index is 2.65. The van der Waals surface area contributed by atoms with Gasteiger partial charge in [-0.25, -0.2) is 0 Å². The monoisotopic (exact) mass is 258 g/mol.